The Hall–Kier alpha value is -3.82. The zero-order valence-electron chi connectivity index (χ0n) is 21.5. The lowest BCUT2D eigenvalue weighted by Gasteiger charge is -2.38. The molecule has 198 valence electrons. The summed E-state index contributed by atoms with van der Waals surface area (Å²) in [5.41, 5.74) is 4.01. The van der Waals surface area contributed by atoms with E-state index in [0.29, 0.717) is 31.7 Å². The average Bonchev–Trinajstić information content (AvgIpc) is 3.40. The van der Waals surface area contributed by atoms with E-state index in [0.717, 1.165) is 23.1 Å². The van der Waals surface area contributed by atoms with Gasteiger partial charge in [-0.1, -0.05) is 24.3 Å². The minimum atomic E-state index is -0.467. The van der Waals surface area contributed by atoms with Crippen LogP contribution in [0.2, 0.25) is 0 Å². The SMILES string of the molecule is COCCCN(CC(=O)N1CCc2sccc2C1c1ccccc1C)C(=O)/C=C/c1ccc([N+](=O)[O-])cc1. The summed E-state index contributed by atoms with van der Waals surface area (Å²) < 4.78 is 5.17. The molecule has 0 radical (unpaired) electrons. The molecule has 0 aliphatic carbocycles. The molecule has 9 heteroatoms. The van der Waals surface area contributed by atoms with Crippen LogP contribution in [0.25, 0.3) is 6.08 Å². The average molecular weight is 534 g/mol. The highest BCUT2D eigenvalue weighted by atomic mass is 32.1. The van der Waals surface area contributed by atoms with E-state index in [1.807, 2.05) is 17.0 Å². The number of non-ortho nitro benzene ring substituents is 1. The number of hydrogen-bond donors (Lipinski definition) is 0. The second-order valence-corrected chi connectivity index (χ2v) is 10.2. The van der Waals surface area contributed by atoms with E-state index in [1.54, 1.807) is 41.6 Å². The Balaban J connectivity index is 1.54. The molecule has 2 aromatic carbocycles. The van der Waals surface area contributed by atoms with Gasteiger partial charge in [0.15, 0.2) is 0 Å². The Bertz CT molecular complexity index is 1320. The fourth-order valence-electron chi connectivity index (χ4n) is 4.72. The number of nitro groups is 1. The van der Waals surface area contributed by atoms with Gasteiger partial charge in [0.1, 0.15) is 6.54 Å². The van der Waals surface area contributed by atoms with Crippen molar-refractivity contribution in [3.63, 3.8) is 0 Å². The van der Waals surface area contributed by atoms with Crippen LogP contribution in [0.15, 0.2) is 66.1 Å². The number of nitrogens with zero attached hydrogens (tertiary/aromatic N) is 3. The van der Waals surface area contributed by atoms with Crippen LogP contribution in [0.4, 0.5) is 5.69 Å². The Kier molecular flexibility index (Phi) is 9.04. The van der Waals surface area contributed by atoms with Gasteiger partial charge in [-0.05, 0) is 71.7 Å². The molecule has 4 rings (SSSR count). The van der Waals surface area contributed by atoms with Crippen LogP contribution in [-0.2, 0) is 20.7 Å². The number of hydrogen-bond acceptors (Lipinski definition) is 6. The number of benzene rings is 2. The molecule has 0 saturated carbocycles. The molecule has 1 aliphatic heterocycles. The number of carbonyl (C=O) groups excluding carboxylic acids is 2. The van der Waals surface area contributed by atoms with Crippen molar-refractivity contribution in [3.05, 3.63) is 103 Å². The van der Waals surface area contributed by atoms with Crippen LogP contribution in [0.3, 0.4) is 0 Å². The molecule has 0 saturated heterocycles. The lowest BCUT2D eigenvalue weighted by molar-refractivity contribution is -0.384. The third kappa shape index (κ3) is 6.35. The Morgan fingerprint density at radius 3 is 2.63 bits per heavy atom. The van der Waals surface area contributed by atoms with Gasteiger partial charge in [-0.25, -0.2) is 0 Å². The molecule has 8 nitrogen and oxygen atoms in total. The van der Waals surface area contributed by atoms with Crippen molar-refractivity contribution in [3.8, 4) is 0 Å². The number of carbonyl (C=O) groups is 2. The van der Waals surface area contributed by atoms with Crippen molar-refractivity contribution in [2.75, 3.05) is 33.4 Å². The molecule has 2 amide bonds. The lowest BCUT2D eigenvalue weighted by Crippen LogP contribution is -2.47. The molecule has 0 fully saturated rings. The maximum Gasteiger partial charge on any atom is 0.269 e. The first kappa shape index (κ1) is 27.2. The molecular formula is C29H31N3O5S. The number of nitro benzene ring substituents is 1. The standard InChI is InChI=1S/C29H31N3O5S/c1-21-6-3-4-7-24(21)29-25-15-19-38-26(25)14-17-31(29)28(34)20-30(16-5-18-37-2)27(33)13-10-22-8-11-23(12-9-22)32(35)36/h3-4,6-13,15,19,29H,5,14,16-18,20H2,1-2H3/b13-10+. The lowest BCUT2D eigenvalue weighted by atomic mass is 9.90. The third-order valence-corrected chi connectivity index (χ3v) is 7.70. The van der Waals surface area contributed by atoms with E-state index < -0.39 is 4.92 Å². The van der Waals surface area contributed by atoms with Crippen molar-refractivity contribution < 1.29 is 19.2 Å². The molecule has 2 heterocycles. The number of fused-ring (bicyclic) bond motifs is 1. The monoisotopic (exact) mass is 533 g/mol. The van der Waals surface area contributed by atoms with Gasteiger partial charge < -0.3 is 14.5 Å². The summed E-state index contributed by atoms with van der Waals surface area (Å²) in [5, 5.41) is 13.0. The zero-order valence-corrected chi connectivity index (χ0v) is 22.4. The summed E-state index contributed by atoms with van der Waals surface area (Å²) in [6.45, 7) is 3.44. The smallest absolute Gasteiger partial charge is 0.269 e. The fourth-order valence-corrected chi connectivity index (χ4v) is 5.62. The number of methoxy groups -OCH3 is 1. The second kappa shape index (κ2) is 12.6. The van der Waals surface area contributed by atoms with Crippen LogP contribution in [0.1, 0.15) is 39.6 Å². The van der Waals surface area contributed by atoms with E-state index in [4.69, 9.17) is 4.74 Å². The summed E-state index contributed by atoms with van der Waals surface area (Å²) >= 11 is 1.72. The van der Waals surface area contributed by atoms with Crippen LogP contribution in [-0.4, -0.2) is 59.9 Å². The second-order valence-electron chi connectivity index (χ2n) is 9.18. The third-order valence-electron chi connectivity index (χ3n) is 6.71. The van der Waals surface area contributed by atoms with Crippen LogP contribution in [0.5, 0.6) is 0 Å². The normalized spacial score (nSPS) is 14.9. The van der Waals surface area contributed by atoms with E-state index in [-0.39, 0.29) is 30.1 Å². The topological polar surface area (TPSA) is 93.0 Å². The summed E-state index contributed by atoms with van der Waals surface area (Å²) in [4.78, 5) is 42.1. The predicted molar refractivity (Wildman–Crippen MR) is 148 cm³/mol. The van der Waals surface area contributed by atoms with E-state index in [2.05, 4.69) is 30.5 Å². The van der Waals surface area contributed by atoms with Crippen molar-refractivity contribution in [1.29, 1.82) is 0 Å². The maximum absolute atomic E-state index is 13.8. The fraction of sp³-hybridized carbons (Fsp3) is 0.310. The highest BCUT2D eigenvalue weighted by Crippen LogP contribution is 2.39. The minimum Gasteiger partial charge on any atom is -0.385 e. The molecule has 0 N–H and O–H groups in total. The molecule has 38 heavy (non-hydrogen) atoms. The zero-order chi connectivity index (χ0) is 27.1. The summed E-state index contributed by atoms with van der Waals surface area (Å²) in [7, 11) is 1.60. The number of ether oxygens (including phenoxy) is 1. The Labute approximate surface area is 226 Å². The van der Waals surface area contributed by atoms with Gasteiger partial charge in [-0.3, -0.25) is 19.7 Å². The van der Waals surface area contributed by atoms with E-state index >= 15 is 0 Å². The van der Waals surface area contributed by atoms with E-state index in [9.17, 15) is 19.7 Å². The van der Waals surface area contributed by atoms with Crippen LogP contribution < -0.4 is 0 Å². The largest absolute Gasteiger partial charge is 0.385 e. The first-order valence-corrected chi connectivity index (χ1v) is 13.4. The molecule has 1 atom stereocenters. The number of aryl methyl sites for hydroxylation is 1. The highest BCUT2D eigenvalue weighted by molar-refractivity contribution is 7.10. The first-order chi connectivity index (χ1) is 18.4. The summed E-state index contributed by atoms with van der Waals surface area (Å²) in [6, 6.07) is 16.0. The summed E-state index contributed by atoms with van der Waals surface area (Å²) in [5.74, 6) is -0.405. The molecule has 1 aliphatic rings. The van der Waals surface area contributed by atoms with Gasteiger partial charge >= 0.3 is 0 Å². The Morgan fingerprint density at radius 1 is 1.16 bits per heavy atom. The van der Waals surface area contributed by atoms with Crippen molar-refractivity contribution in [2.24, 2.45) is 0 Å². The highest BCUT2D eigenvalue weighted by Gasteiger charge is 2.34. The van der Waals surface area contributed by atoms with Gasteiger partial charge in [0, 0.05) is 49.9 Å². The van der Waals surface area contributed by atoms with Gasteiger partial charge in [0.2, 0.25) is 11.8 Å². The molecule has 3 aromatic rings. The predicted octanol–water partition coefficient (Wildman–Crippen LogP) is 5.02. The maximum atomic E-state index is 13.8. The minimum absolute atomic E-state index is 0.0150. The first-order valence-electron chi connectivity index (χ1n) is 12.5. The summed E-state index contributed by atoms with van der Waals surface area (Å²) in [6.07, 6.45) is 4.40. The number of thiophene rings is 1. The molecule has 1 unspecified atom stereocenters. The number of amides is 2. The van der Waals surface area contributed by atoms with Gasteiger partial charge in [-0.15, -0.1) is 11.3 Å². The molecule has 0 spiro atoms. The van der Waals surface area contributed by atoms with Crippen LogP contribution >= 0.6 is 11.3 Å². The van der Waals surface area contributed by atoms with Crippen molar-refractivity contribution in [2.45, 2.75) is 25.8 Å². The van der Waals surface area contributed by atoms with Crippen molar-refractivity contribution in [1.82, 2.24) is 9.80 Å². The molecule has 1 aromatic heterocycles. The van der Waals surface area contributed by atoms with Crippen LogP contribution in [0, 0.1) is 17.0 Å². The van der Waals surface area contributed by atoms with Gasteiger partial charge in [0.25, 0.3) is 5.69 Å². The number of rotatable bonds is 10. The Morgan fingerprint density at radius 2 is 1.92 bits per heavy atom. The van der Waals surface area contributed by atoms with Gasteiger partial charge in [0.05, 0.1) is 11.0 Å². The van der Waals surface area contributed by atoms with Crippen molar-refractivity contribution >= 4 is 34.9 Å². The van der Waals surface area contributed by atoms with E-state index in [1.165, 1.54) is 23.1 Å². The molecular weight excluding hydrogens is 502 g/mol. The van der Waals surface area contributed by atoms with Gasteiger partial charge in [-0.2, -0.15) is 0 Å². The quantitative estimate of drug-likeness (QED) is 0.158. The molecule has 0 bridgehead atoms.